The molecule has 1 aliphatic heterocycles. The number of hydrogen-bond donors (Lipinski definition) is 1. The maximum Gasteiger partial charge on any atom is 0.218 e. The maximum absolute atomic E-state index is 5.13. The van der Waals surface area contributed by atoms with Crippen LogP contribution in [0, 0.1) is 0 Å². The molecule has 0 aliphatic carbocycles. The number of piperidine rings is 1. The lowest BCUT2D eigenvalue weighted by Crippen LogP contribution is -2.33. The van der Waals surface area contributed by atoms with Crippen LogP contribution in [0.2, 0.25) is 0 Å². The lowest BCUT2D eigenvalue weighted by Gasteiger charge is -2.32. The van der Waals surface area contributed by atoms with Crippen molar-refractivity contribution in [3.63, 3.8) is 0 Å². The summed E-state index contributed by atoms with van der Waals surface area (Å²) in [6.07, 6.45) is 5.58. The van der Waals surface area contributed by atoms with Gasteiger partial charge >= 0.3 is 0 Å². The molecule has 0 radical (unpaired) electrons. The van der Waals surface area contributed by atoms with Gasteiger partial charge in [-0.05, 0) is 18.9 Å². The van der Waals surface area contributed by atoms with Crippen molar-refractivity contribution in [2.75, 3.05) is 25.1 Å². The van der Waals surface area contributed by atoms with Crippen LogP contribution >= 0.6 is 0 Å². The van der Waals surface area contributed by atoms with Crippen LogP contribution in [0.25, 0.3) is 0 Å². The summed E-state index contributed by atoms with van der Waals surface area (Å²) in [7, 11) is 1.62. The van der Waals surface area contributed by atoms with Crippen molar-refractivity contribution in [1.29, 1.82) is 0 Å². The minimum absolute atomic E-state index is 0.572. The quantitative estimate of drug-likeness (QED) is 0.906. The second kappa shape index (κ2) is 5.26. The average Bonchev–Trinajstić information content (AvgIpc) is 3.02. The number of ether oxygens (including phenoxy) is 1. The van der Waals surface area contributed by atoms with E-state index in [2.05, 4.69) is 31.1 Å². The first-order valence-corrected chi connectivity index (χ1v) is 6.47. The third kappa shape index (κ3) is 2.52. The molecule has 0 atom stereocenters. The van der Waals surface area contributed by atoms with Gasteiger partial charge in [0, 0.05) is 37.0 Å². The molecule has 100 valence electrons. The normalized spacial score (nSPS) is 16.6. The van der Waals surface area contributed by atoms with Gasteiger partial charge in [-0.15, -0.1) is 0 Å². The Morgan fingerprint density at radius 1 is 1.32 bits per heavy atom. The highest BCUT2D eigenvalue weighted by molar-refractivity contribution is 5.41. The maximum atomic E-state index is 5.13. The summed E-state index contributed by atoms with van der Waals surface area (Å²) < 4.78 is 5.13. The molecule has 0 bridgehead atoms. The van der Waals surface area contributed by atoms with Gasteiger partial charge in [-0.3, -0.25) is 5.10 Å². The molecule has 0 unspecified atom stereocenters. The molecular weight excluding hydrogens is 242 g/mol. The Hall–Kier alpha value is -2.11. The summed E-state index contributed by atoms with van der Waals surface area (Å²) in [5.41, 5.74) is 1.24. The minimum atomic E-state index is 0.572. The molecule has 1 aliphatic rings. The summed E-state index contributed by atoms with van der Waals surface area (Å²) >= 11 is 0. The van der Waals surface area contributed by atoms with E-state index in [9.17, 15) is 0 Å². The van der Waals surface area contributed by atoms with Crippen LogP contribution in [-0.4, -0.2) is 40.4 Å². The Labute approximate surface area is 111 Å². The molecule has 3 rings (SSSR count). The molecule has 0 saturated carbocycles. The summed E-state index contributed by atoms with van der Waals surface area (Å²) in [5.74, 6) is 2.12. The number of hydrogen-bond acceptors (Lipinski definition) is 5. The fraction of sp³-hybridized carbons (Fsp3) is 0.462. The van der Waals surface area contributed by atoms with Gasteiger partial charge in [0.15, 0.2) is 0 Å². The number of aromatic amines is 1. The Bertz CT molecular complexity index is 520. The first-order chi connectivity index (χ1) is 9.36. The highest BCUT2D eigenvalue weighted by Gasteiger charge is 2.22. The molecular formula is C13H17N5O. The summed E-state index contributed by atoms with van der Waals surface area (Å²) in [6, 6.07) is 3.95. The van der Waals surface area contributed by atoms with Crippen molar-refractivity contribution in [2.45, 2.75) is 18.8 Å². The van der Waals surface area contributed by atoms with Crippen molar-refractivity contribution < 1.29 is 4.74 Å². The van der Waals surface area contributed by atoms with Gasteiger partial charge in [0.2, 0.25) is 5.88 Å². The van der Waals surface area contributed by atoms with E-state index in [0.717, 1.165) is 31.7 Å². The van der Waals surface area contributed by atoms with Crippen LogP contribution < -0.4 is 9.64 Å². The SMILES string of the molecule is COc1cc(N2CCC(c3ccn[nH]3)CC2)ncn1. The fourth-order valence-corrected chi connectivity index (χ4v) is 2.53. The van der Waals surface area contributed by atoms with Gasteiger partial charge in [-0.2, -0.15) is 5.10 Å². The Morgan fingerprint density at radius 2 is 2.16 bits per heavy atom. The standard InChI is InChI=1S/C13H17N5O/c1-19-13-8-12(14-9-15-13)18-6-3-10(4-7-18)11-2-5-16-17-11/h2,5,8-10H,3-4,6-7H2,1H3,(H,16,17). The minimum Gasteiger partial charge on any atom is -0.481 e. The van der Waals surface area contributed by atoms with Gasteiger partial charge in [0.1, 0.15) is 12.1 Å². The first kappa shape index (κ1) is 12.0. The zero-order chi connectivity index (χ0) is 13.1. The molecule has 6 heteroatoms. The predicted molar refractivity (Wildman–Crippen MR) is 71.4 cm³/mol. The van der Waals surface area contributed by atoms with Crippen LogP contribution in [0.4, 0.5) is 5.82 Å². The zero-order valence-electron chi connectivity index (χ0n) is 10.9. The summed E-state index contributed by atoms with van der Waals surface area (Å²) in [6.45, 7) is 1.98. The topological polar surface area (TPSA) is 66.9 Å². The van der Waals surface area contributed by atoms with E-state index in [4.69, 9.17) is 4.74 Å². The molecule has 3 heterocycles. The van der Waals surface area contributed by atoms with Crippen LogP contribution in [0.5, 0.6) is 5.88 Å². The second-order valence-electron chi connectivity index (χ2n) is 4.69. The van der Waals surface area contributed by atoms with Crippen LogP contribution in [0.3, 0.4) is 0 Å². The lowest BCUT2D eigenvalue weighted by molar-refractivity contribution is 0.396. The predicted octanol–water partition coefficient (Wildman–Crippen LogP) is 1.59. The molecule has 19 heavy (non-hydrogen) atoms. The van der Waals surface area contributed by atoms with E-state index >= 15 is 0 Å². The van der Waals surface area contributed by atoms with Gasteiger partial charge < -0.3 is 9.64 Å². The van der Waals surface area contributed by atoms with Gasteiger partial charge in [0.05, 0.1) is 7.11 Å². The van der Waals surface area contributed by atoms with E-state index in [0.29, 0.717) is 11.8 Å². The van der Waals surface area contributed by atoms with Gasteiger partial charge in [0.25, 0.3) is 0 Å². The third-order valence-electron chi connectivity index (χ3n) is 3.62. The first-order valence-electron chi connectivity index (χ1n) is 6.47. The summed E-state index contributed by atoms with van der Waals surface area (Å²) in [5, 5.41) is 7.09. The highest BCUT2D eigenvalue weighted by Crippen LogP contribution is 2.28. The molecule has 1 fully saturated rings. The molecule has 2 aromatic rings. The van der Waals surface area contributed by atoms with Crippen molar-refractivity contribution in [3.8, 4) is 5.88 Å². The fourth-order valence-electron chi connectivity index (χ4n) is 2.53. The number of anilines is 1. The third-order valence-corrected chi connectivity index (χ3v) is 3.62. The molecule has 0 spiro atoms. The van der Waals surface area contributed by atoms with Crippen molar-refractivity contribution >= 4 is 5.82 Å². The Balaban J connectivity index is 1.66. The number of H-pyrrole nitrogens is 1. The number of rotatable bonds is 3. The van der Waals surface area contributed by atoms with Crippen molar-refractivity contribution in [1.82, 2.24) is 20.2 Å². The smallest absolute Gasteiger partial charge is 0.218 e. The van der Waals surface area contributed by atoms with Crippen LogP contribution in [-0.2, 0) is 0 Å². The largest absolute Gasteiger partial charge is 0.481 e. The summed E-state index contributed by atoms with van der Waals surface area (Å²) in [4.78, 5) is 10.6. The average molecular weight is 259 g/mol. The van der Waals surface area contributed by atoms with E-state index in [1.54, 1.807) is 13.4 Å². The highest BCUT2D eigenvalue weighted by atomic mass is 16.5. The van der Waals surface area contributed by atoms with Crippen LogP contribution in [0.15, 0.2) is 24.7 Å². The molecule has 2 aromatic heterocycles. The number of nitrogens with zero attached hydrogens (tertiary/aromatic N) is 4. The Morgan fingerprint density at radius 3 is 2.84 bits per heavy atom. The molecule has 1 N–H and O–H groups in total. The Kier molecular flexibility index (Phi) is 3.31. The van der Waals surface area contributed by atoms with E-state index in [1.807, 2.05) is 12.3 Å². The van der Waals surface area contributed by atoms with E-state index in [-0.39, 0.29) is 0 Å². The molecule has 0 amide bonds. The van der Waals surface area contributed by atoms with Crippen molar-refractivity contribution in [2.24, 2.45) is 0 Å². The number of methoxy groups -OCH3 is 1. The molecule has 1 saturated heterocycles. The van der Waals surface area contributed by atoms with E-state index < -0.39 is 0 Å². The van der Waals surface area contributed by atoms with E-state index in [1.165, 1.54) is 5.69 Å². The number of aromatic nitrogens is 4. The molecule has 6 nitrogen and oxygen atoms in total. The van der Waals surface area contributed by atoms with Gasteiger partial charge in [-0.25, -0.2) is 9.97 Å². The van der Waals surface area contributed by atoms with Crippen molar-refractivity contribution in [3.05, 3.63) is 30.4 Å². The number of nitrogens with one attached hydrogen (secondary N) is 1. The zero-order valence-corrected chi connectivity index (χ0v) is 10.9. The lowest BCUT2D eigenvalue weighted by atomic mass is 9.94. The monoisotopic (exact) mass is 259 g/mol. The molecule has 0 aromatic carbocycles. The van der Waals surface area contributed by atoms with Crippen LogP contribution in [0.1, 0.15) is 24.5 Å². The second-order valence-corrected chi connectivity index (χ2v) is 4.69. The van der Waals surface area contributed by atoms with Gasteiger partial charge in [-0.1, -0.05) is 0 Å².